The van der Waals surface area contributed by atoms with Crippen LogP contribution in [-0.2, 0) is 6.54 Å². The molecule has 0 amide bonds. The van der Waals surface area contributed by atoms with E-state index in [1.807, 2.05) is 29.8 Å². The molecule has 0 unspecified atom stereocenters. The Morgan fingerprint density at radius 1 is 1.75 bits per heavy atom. The number of aromatic nitrogens is 1. The highest BCUT2D eigenvalue weighted by atomic mass is 15.0. The van der Waals surface area contributed by atoms with E-state index in [-0.39, 0.29) is 0 Å². The van der Waals surface area contributed by atoms with Crippen LogP contribution >= 0.6 is 0 Å². The lowest BCUT2D eigenvalue weighted by Crippen LogP contribution is -1.98. The van der Waals surface area contributed by atoms with Crippen molar-refractivity contribution < 1.29 is 0 Å². The standard InChI is InChI=1S/C10H12N2/c1-9(2)5-7-12-6-3-4-10(12)8-11/h3-4,6H,1,5,7H2,2H3. The Bertz CT molecular complexity index is 315. The van der Waals surface area contributed by atoms with Gasteiger partial charge < -0.3 is 4.57 Å². The smallest absolute Gasteiger partial charge is 0.120 e. The summed E-state index contributed by atoms with van der Waals surface area (Å²) in [6.07, 6.45) is 2.85. The summed E-state index contributed by atoms with van der Waals surface area (Å²) in [5, 5.41) is 8.68. The minimum atomic E-state index is 0.719. The molecule has 1 aromatic rings. The molecule has 0 atom stereocenters. The third kappa shape index (κ3) is 2.00. The van der Waals surface area contributed by atoms with E-state index in [0.29, 0.717) is 0 Å². The van der Waals surface area contributed by atoms with Gasteiger partial charge in [0.2, 0.25) is 0 Å². The lowest BCUT2D eigenvalue weighted by molar-refractivity contribution is 0.690. The minimum Gasteiger partial charge on any atom is -0.339 e. The maximum Gasteiger partial charge on any atom is 0.120 e. The molecule has 0 N–H and O–H groups in total. The Labute approximate surface area is 72.7 Å². The van der Waals surface area contributed by atoms with Crippen LogP contribution in [0.1, 0.15) is 19.0 Å². The van der Waals surface area contributed by atoms with Crippen LogP contribution in [0.15, 0.2) is 30.5 Å². The summed E-state index contributed by atoms with van der Waals surface area (Å²) in [6, 6.07) is 5.84. The van der Waals surface area contributed by atoms with Gasteiger partial charge in [0, 0.05) is 12.7 Å². The maximum atomic E-state index is 8.68. The number of hydrogen-bond donors (Lipinski definition) is 0. The van der Waals surface area contributed by atoms with Gasteiger partial charge in [-0.1, -0.05) is 5.57 Å². The van der Waals surface area contributed by atoms with Crippen molar-refractivity contribution in [3.8, 4) is 6.07 Å². The second-order valence-corrected chi connectivity index (χ2v) is 2.91. The van der Waals surface area contributed by atoms with Crippen molar-refractivity contribution in [3.05, 3.63) is 36.2 Å². The molecule has 2 nitrogen and oxygen atoms in total. The Kier molecular flexibility index (Phi) is 2.71. The van der Waals surface area contributed by atoms with Gasteiger partial charge in [-0.25, -0.2) is 0 Å². The van der Waals surface area contributed by atoms with Gasteiger partial charge in [-0.15, -0.1) is 6.58 Å². The molecular formula is C10H12N2. The third-order valence-electron chi connectivity index (χ3n) is 1.72. The molecule has 0 bridgehead atoms. The number of nitrogens with zero attached hydrogens (tertiary/aromatic N) is 2. The van der Waals surface area contributed by atoms with E-state index in [1.54, 1.807) is 0 Å². The highest BCUT2D eigenvalue weighted by Gasteiger charge is 1.97. The second kappa shape index (κ2) is 3.77. The number of aryl methyl sites for hydroxylation is 1. The zero-order chi connectivity index (χ0) is 8.97. The highest BCUT2D eigenvalue weighted by Crippen LogP contribution is 2.04. The number of nitriles is 1. The van der Waals surface area contributed by atoms with Crippen molar-refractivity contribution in [1.82, 2.24) is 4.57 Å². The summed E-state index contributed by atoms with van der Waals surface area (Å²) in [7, 11) is 0. The topological polar surface area (TPSA) is 28.7 Å². The van der Waals surface area contributed by atoms with Gasteiger partial charge in [0.1, 0.15) is 11.8 Å². The van der Waals surface area contributed by atoms with Crippen molar-refractivity contribution in [2.45, 2.75) is 19.9 Å². The summed E-state index contributed by atoms with van der Waals surface area (Å²) >= 11 is 0. The van der Waals surface area contributed by atoms with E-state index in [1.165, 1.54) is 0 Å². The molecule has 0 aliphatic carbocycles. The molecule has 2 heteroatoms. The van der Waals surface area contributed by atoms with Gasteiger partial charge in [-0.3, -0.25) is 0 Å². The van der Waals surface area contributed by atoms with Crippen LogP contribution in [-0.4, -0.2) is 4.57 Å². The first-order valence-corrected chi connectivity index (χ1v) is 3.93. The van der Waals surface area contributed by atoms with Crippen LogP contribution in [0.25, 0.3) is 0 Å². The predicted molar refractivity (Wildman–Crippen MR) is 48.6 cm³/mol. The second-order valence-electron chi connectivity index (χ2n) is 2.91. The Morgan fingerprint density at radius 3 is 3.08 bits per heavy atom. The van der Waals surface area contributed by atoms with E-state index < -0.39 is 0 Å². The molecule has 0 aromatic carbocycles. The maximum absolute atomic E-state index is 8.68. The number of rotatable bonds is 3. The molecule has 62 valence electrons. The van der Waals surface area contributed by atoms with Gasteiger partial charge in [0.05, 0.1) is 0 Å². The molecule has 12 heavy (non-hydrogen) atoms. The molecular weight excluding hydrogens is 148 g/mol. The van der Waals surface area contributed by atoms with E-state index in [9.17, 15) is 0 Å². The lowest BCUT2D eigenvalue weighted by Gasteiger charge is -2.03. The average Bonchev–Trinajstić information content (AvgIpc) is 2.47. The van der Waals surface area contributed by atoms with E-state index in [4.69, 9.17) is 5.26 Å². The fraction of sp³-hybridized carbons (Fsp3) is 0.300. The predicted octanol–water partition coefficient (Wildman–Crippen LogP) is 2.33. The molecule has 0 saturated heterocycles. The van der Waals surface area contributed by atoms with Crippen LogP contribution in [0.2, 0.25) is 0 Å². The Hall–Kier alpha value is -1.49. The number of hydrogen-bond acceptors (Lipinski definition) is 1. The SMILES string of the molecule is C=C(C)CCn1cccc1C#N. The normalized spacial score (nSPS) is 9.33. The van der Waals surface area contributed by atoms with Crippen LogP contribution in [0.3, 0.4) is 0 Å². The minimum absolute atomic E-state index is 0.719. The fourth-order valence-corrected chi connectivity index (χ4v) is 1.02. The first kappa shape index (κ1) is 8.61. The summed E-state index contributed by atoms with van der Waals surface area (Å²) in [5.74, 6) is 0. The zero-order valence-electron chi connectivity index (χ0n) is 7.25. The van der Waals surface area contributed by atoms with Gasteiger partial charge in [-0.05, 0) is 25.5 Å². The summed E-state index contributed by atoms with van der Waals surface area (Å²) in [6.45, 7) is 6.66. The molecule has 1 heterocycles. The number of allylic oxidation sites excluding steroid dienone is 1. The Balaban J connectivity index is 2.64. The van der Waals surface area contributed by atoms with Crippen LogP contribution < -0.4 is 0 Å². The van der Waals surface area contributed by atoms with Crippen LogP contribution in [0.4, 0.5) is 0 Å². The van der Waals surface area contributed by atoms with E-state index in [0.717, 1.165) is 24.2 Å². The van der Waals surface area contributed by atoms with Crippen molar-refractivity contribution in [2.24, 2.45) is 0 Å². The third-order valence-corrected chi connectivity index (χ3v) is 1.72. The highest BCUT2D eigenvalue weighted by molar-refractivity contribution is 5.21. The molecule has 0 saturated carbocycles. The van der Waals surface area contributed by atoms with Crippen LogP contribution in [0, 0.1) is 11.3 Å². The summed E-state index contributed by atoms with van der Waals surface area (Å²) in [5.41, 5.74) is 1.86. The molecule has 1 rings (SSSR count). The quantitative estimate of drug-likeness (QED) is 0.624. The summed E-state index contributed by atoms with van der Waals surface area (Å²) in [4.78, 5) is 0. The zero-order valence-corrected chi connectivity index (χ0v) is 7.25. The fourth-order valence-electron chi connectivity index (χ4n) is 1.02. The van der Waals surface area contributed by atoms with Crippen molar-refractivity contribution in [1.29, 1.82) is 5.26 Å². The molecule has 1 aromatic heterocycles. The molecule has 0 aliphatic heterocycles. The molecule has 0 spiro atoms. The summed E-state index contributed by atoms with van der Waals surface area (Å²) < 4.78 is 1.94. The first-order chi connectivity index (χ1) is 5.74. The van der Waals surface area contributed by atoms with E-state index >= 15 is 0 Å². The van der Waals surface area contributed by atoms with Crippen molar-refractivity contribution in [2.75, 3.05) is 0 Å². The first-order valence-electron chi connectivity index (χ1n) is 3.93. The van der Waals surface area contributed by atoms with Gasteiger partial charge in [0.25, 0.3) is 0 Å². The molecule has 0 aliphatic rings. The van der Waals surface area contributed by atoms with Crippen LogP contribution in [0.5, 0.6) is 0 Å². The van der Waals surface area contributed by atoms with E-state index in [2.05, 4.69) is 12.6 Å². The monoisotopic (exact) mass is 160 g/mol. The van der Waals surface area contributed by atoms with Gasteiger partial charge >= 0.3 is 0 Å². The van der Waals surface area contributed by atoms with Gasteiger partial charge in [-0.2, -0.15) is 5.26 Å². The van der Waals surface area contributed by atoms with Crippen molar-refractivity contribution in [3.63, 3.8) is 0 Å². The van der Waals surface area contributed by atoms with Gasteiger partial charge in [0.15, 0.2) is 0 Å². The van der Waals surface area contributed by atoms with Crippen molar-refractivity contribution >= 4 is 0 Å². The average molecular weight is 160 g/mol. The molecule has 0 radical (unpaired) electrons. The molecule has 0 fully saturated rings. The Morgan fingerprint density at radius 2 is 2.50 bits per heavy atom. The largest absolute Gasteiger partial charge is 0.339 e. The lowest BCUT2D eigenvalue weighted by atomic mass is 10.2.